The standard InChI is InChI=1S/C32H44N8O/c1-22(41)40-15-10-30(38-26-8-13-39(14-9-26)20-23-6-11-36-12-7-23)29(21-40)32(34)27-5-3-4-24-16-31(37-19-28(24)27)25(17-33)18-35-2/h3-5,16-19,23,26,36H,6-15,20-21,33-34H2,1-2H3/b25-17+,32-29-,35-18?,38-30?. The summed E-state index contributed by atoms with van der Waals surface area (Å²) >= 11 is 0. The lowest BCUT2D eigenvalue weighted by Gasteiger charge is -2.35. The van der Waals surface area contributed by atoms with Crippen molar-refractivity contribution in [3.63, 3.8) is 0 Å². The van der Waals surface area contributed by atoms with Gasteiger partial charge in [-0.05, 0) is 56.1 Å². The van der Waals surface area contributed by atoms with E-state index in [0.717, 1.165) is 90.2 Å². The number of nitrogens with two attached hydrogens (primary N) is 2. The molecule has 0 bridgehead atoms. The molecule has 0 saturated carbocycles. The van der Waals surface area contributed by atoms with Crippen molar-refractivity contribution in [2.75, 3.05) is 52.9 Å². The van der Waals surface area contributed by atoms with Gasteiger partial charge in [0, 0.05) is 105 Å². The van der Waals surface area contributed by atoms with Crippen molar-refractivity contribution in [1.29, 1.82) is 0 Å². The van der Waals surface area contributed by atoms with Gasteiger partial charge in [0.2, 0.25) is 5.91 Å². The number of fused-ring (bicyclic) bond motifs is 1. The molecule has 3 saturated heterocycles. The highest BCUT2D eigenvalue weighted by atomic mass is 16.2. The Hall–Kier alpha value is -3.56. The van der Waals surface area contributed by atoms with E-state index in [9.17, 15) is 4.79 Å². The molecule has 218 valence electrons. The lowest BCUT2D eigenvalue weighted by molar-refractivity contribution is -0.128. The van der Waals surface area contributed by atoms with Crippen LogP contribution in [0.4, 0.5) is 0 Å². The van der Waals surface area contributed by atoms with Gasteiger partial charge in [0.1, 0.15) is 0 Å². The largest absolute Gasteiger partial charge is 0.404 e. The highest BCUT2D eigenvalue weighted by Crippen LogP contribution is 2.29. The second kappa shape index (κ2) is 13.4. The zero-order valence-corrected chi connectivity index (χ0v) is 24.5. The topological polar surface area (TPSA) is 125 Å². The summed E-state index contributed by atoms with van der Waals surface area (Å²) in [5, 5.41) is 5.44. The molecule has 4 heterocycles. The molecule has 3 fully saturated rings. The predicted octanol–water partition coefficient (Wildman–Crippen LogP) is 3.06. The number of amides is 1. The Balaban J connectivity index is 1.41. The van der Waals surface area contributed by atoms with Gasteiger partial charge in [-0.2, -0.15) is 0 Å². The minimum atomic E-state index is 0.0588. The number of rotatable bonds is 6. The van der Waals surface area contributed by atoms with Crippen LogP contribution in [0.25, 0.3) is 22.0 Å². The molecule has 0 spiro atoms. The summed E-state index contributed by atoms with van der Waals surface area (Å²) in [5.41, 5.74) is 17.9. The van der Waals surface area contributed by atoms with E-state index in [-0.39, 0.29) is 5.91 Å². The normalized spacial score (nSPS) is 22.6. The minimum Gasteiger partial charge on any atom is -0.404 e. The SMILES string of the molecule is CN=C/C(=C\N)c1cc2cccc(/C(N)=C3\CN(C(C)=O)CCC3=NC3CCN(CC4CCNCC4)CC3)c2cn1. The summed E-state index contributed by atoms with van der Waals surface area (Å²) in [6.45, 7) is 8.47. The quantitative estimate of drug-likeness (QED) is 0.470. The van der Waals surface area contributed by atoms with Crippen molar-refractivity contribution >= 4 is 39.9 Å². The van der Waals surface area contributed by atoms with Gasteiger partial charge in [-0.1, -0.05) is 18.2 Å². The van der Waals surface area contributed by atoms with E-state index < -0.39 is 0 Å². The smallest absolute Gasteiger partial charge is 0.219 e. The molecular formula is C32H44N8O. The first kappa shape index (κ1) is 29.0. The van der Waals surface area contributed by atoms with Crippen molar-refractivity contribution in [3.8, 4) is 0 Å². The number of likely N-dealkylation sites (tertiary alicyclic amines) is 2. The highest BCUT2D eigenvalue weighted by Gasteiger charge is 2.28. The number of carbonyl (C=O) groups is 1. The molecule has 3 aliphatic rings. The lowest BCUT2D eigenvalue weighted by Crippen LogP contribution is -2.42. The van der Waals surface area contributed by atoms with Crippen molar-refractivity contribution in [2.24, 2.45) is 27.4 Å². The van der Waals surface area contributed by atoms with E-state index in [4.69, 9.17) is 16.5 Å². The average molecular weight is 557 g/mol. The van der Waals surface area contributed by atoms with E-state index in [1.807, 2.05) is 29.3 Å². The van der Waals surface area contributed by atoms with E-state index in [0.29, 0.717) is 24.8 Å². The summed E-state index contributed by atoms with van der Waals surface area (Å²) in [5.74, 6) is 0.872. The van der Waals surface area contributed by atoms with Crippen molar-refractivity contribution < 1.29 is 4.79 Å². The summed E-state index contributed by atoms with van der Waals surface area (Å²) in [6.07, 6.45) is 10.5. The van der Waals surface area contributed by atoms with Crippen LogP contribution >= 0.6 is 0 Å². The predicted molar refractivity (Wildman–Crippen MR) is 169 cm³/mol. The van der Waals surface area contributed by atoms with Gasteiger partial charge < -0.3 is 26.6 Å². The maximum absolute atomic E-state index is 12.4. The van der Waals surface area contributed by atoms with Crippen LogP contribution in [0.3, 0.4) is 0 Å². The molecule has 2 aromatic rings. The van der Waals surface area contributed by atoms with E-state index in [1.165, 1.54) is 25.6 Å². The molecular weight excluding hydrogens is 512 g/mol. The van der Waals surface area contributed by atoms with E-state index in [1.54, 1.807) is 20.2 Å². The summed E-state index contributed by atoms with van der Waals surface area (Å²) in [6, 6.07) is 8.39. The van der Waals surface area contributed by atoms with Crippen molar-refractivity contribution in [2.45, 2.75) is 45.1 Å². The Kier molecular flexibility index (Phi) is 9.46. The molecule has 9 heteroatoms. The second-order valence-corrected chi connectivity index (χ2v) is 11.5. The number of nitrogens with one attached hydrogen (secondary N) is 1. The third-order valence-electron chi connectivity index (χ3n) is 8.76. The third-order valence-corrected chi connectivity index (χ3v) is 8.76. The van der Waals surface area contributed by atoms with Gasteiger partial charge in [0.25, 0.3) is 0 Å². The van der Waals surface area contributed by atoms with Gasteiger partial charge in [-0.3, -0.25) is 19.8 Å². The number of benzene rings is 1. The van der Waals surface area contributed by atoms with E-state index >= 15 is 0 Å². The number of carbonyl (C=O) groups excluding carboxylic acids is 1. The lowest BCUT2D eigenvalue weighted by atomic mass is 9.93. The first-order chi connectivity index (χ1) is 20.0. The van der Waals surface area contributed by atoms with Crippen LogP contribution in [-0.4, -0.2) is 91.5 Å². The molecule has 9 nitrogen and oxygen atoms in total. The second-order valence-electron chi connectivity index (χ2n) is 11.5. The molecule has 1 amide bonds. The number of pyridine rings is 1. The molecule has 3 aliphatic heterocycles. The molecule has 1 aromatic heterocycles. The fourth-order valence-corrected chi connectivity index (χ4v) is 6.35. The van der Waals surface area contributed by atoms with Gasteiger partial charge >= 0.3 is 0 Å². The van der Waals surface area contributed by atoms with Crippen LogP contribution < -0.4 is 16.8 Å². The molecule has 41 heavy (non-hydrogen) atoms. The van der Waals surface area contributed by atoms with E-state index in [2.05, 4.69) is 26.3 Å². The minimum absolute atomic E-state index is 0.0588. The Morgan fingerprint density at radius 3 is 2.66 bits per heavy atom. The molecule has 0 atom stereocenters. The zero-order valence-electron chi connectivity index (χ0n) is 24.5. The number of piperidine rings is 3. The van der Waals surface area contributed by atoms with Crippen LogP contribution in [0.1, 0.15) is 50.3 Å². The Morgan fingerprint density at radius 1 is 1.17 bits per heavy atom. The fraction of sp³-hybridized carbons (Fsp3) is 0.500. The van der Waals surface area contributed by atoms with Crippen LogP contribution in [0.5, 0.6) is 0 Å². The number of aromatic nitrogens is 1. The Labute approximate surface area is 243 Å². The maximum atomic E-state index is 12.4. The number of aliphatic imine (C=N–C) groups is 2. The molecule has 5 rings (SSSR count). The van der Waals surface area contributed by atoms with Crippen LogP contribution in [0, 0.1) is 5.92 Å². The molecule has 0 radical (unpaired) electrons. The summed E-state index contributed by atoms with van der Waals surface area (Å²) in [7, 11) is 1.71. The first-order valence-corrected chi connectivity index (χ1v) is 14.9. The first-order valence-electron chi connectivity index (χ1n) is 14.9. The van der Waals surface area contributed by atoms with Gasteiger partial charge in [-0.15, -0.1) is 0 Å². The average Bonchev–Trinajstić information content (AvgIpc) is 3.00. The number of hydrogen-bond acceptors (Lipinski definition) is 8. The van der Waals surface area contributed by atoms with Crippen LogP contribution in [-0.2, 0) is 4.79 Å². The van der Waals surface area contributed by atoms with Crippen LogP contribution in [0.15, 0.2) is 52.2 Å². The summed E-state index contributed by atoms with van der Waals surface area (Å²) < 4.78 is 0. The molecule has 1 aromatic carbocycles. The van der Waals surface area contributed by atoms with Crippen LogP contribution in [0.2, 0.25) is 0 Å². The number of hydrogen-bond donors (Lipinski definition) is 3. The number of allylic oxidation sites excluding steroid dienone is 1. The molecule has 0 unspecified atom stereocenters. The Bertz CT molecular complexity index is 1360. The third kappa shape index (κ3) is 6.85. The van der Waals surface area contributed by atoms with Gasteiger partial charge in [0.15, 0.2) is 0 Å². The maximum Gasteiger partial charge on any atom is 0.219 e. The van der Waals surface area contributed by atoms with Crippen molar-refractivity contribution in [1.82, 2.24) is 20.1 Å². The highest BCUT2D eigenvalue weighted by molar-refractivity contribution is 6.11. The van der Waals surface area contributed by atoms with Gasteiger partial charge in [0.05, 0.1) is 11.7 Å². The monoisotopic (exact) mass is 556 g/mol. The fourth-order valence-electron chi connectivity index (χ4n) is 6.35. The zero-order chi connectivity index (χ0) is 28.8. The van der Waals surface area contributed by atoms with Gasteiger partial charge in [-0.25, -0.2) is 0 Å². The molecule has 0 aliphatic carbocycles. The summed E-state index contributed by atoms with van der Waals surface area (Å²) in [4.78, 5) is 30.9. The molecule has 5 N–H and O–H groups in total. The van der Waals surface area contributed by atoms with Crippen molar-refractivity contribution in [3.05, 3.63) is 53.5 Å². The number of nitrogens with zero attached hydrogens (tertiary/aromatic N) is 5. The Morgan fingerprint density at radius 2 is 1.95 bits per heavy atom.